The van der Waals surface area contributed by atoms with Gasteiger partial charge in [-0.2, -0.15) is 0 Å². The lowest BCUT2D eigenvalue weighted by Crippen LogP contribution is -2.30. The zero-order valence-electron chi connectivity index (χ0n) is 22.4. The van der Waals surface area contributed by atoms with Gasteiger partial charge in [-0.05, 0) is 66.6 Å². The van der Waals surface area contributed by atoms with E-state index in [0.717, 1.165) is 27.9 Å². The van der Waals surface area contributed by atoms with E-state index in [9.17, 15) is 9.90 Å². The summed E-state index contributed by atoms with van der Waals surface area (Å²) in [6.45, 7) is 1.89. The van der Waals surface area contributed by atoms with Crippen molar-refractivity contribution in [3.8, 4) is 5.75 Å². The summed E-state index contributed by atoms with van der Waals surface area (Å²) in [6, 6.07) is 20.5. The van der Waals surface area contributed by atoms with Gasteiger partial charge >= 0.3 is 0 Å². The summed E-state index contributed by atoms with van der Waals surface area (Å²) in [6.07, 6.45) is 3.03. The Kier molecular flexibility index (Phi) is 8.20. The fraction of sp³-hybridized carbons (Fsp3) is 0.200. The molecular weight excluding hydrogens is 577 g/mol. The van der Waals surface area contributed by atoms with Gasteiger partial charge in [0.15, 0.2) is 6.10 Å². The van der Waals surface area contributed by atoms with E-state index in [4.69, 9.17) is 27.9 Å². The van der Waals surface area contributed by atoms with E-state index >= 15 is 0 Å². The number of anilines is 2. The van der Waals surface area contributed by atoms with Crippen molar-refractivity contribution in [2.24, 2.45) is 0 Å². The first-order valence-corrected chi connectivity index (χ1v) is 14.1. The van der Waals surface area contributed by atoms with Crippen LogP contribution in [0.1, 0.15) is 29.3 Å². The SMILES string of the molecule is O=C1C(O)c2cc(Cl)ccc2N1CCCn1cc(COc2ccc(CNNc3ccnc4cc(Cl)ccc34)cc2)nn1. The Hall–Kier alpha value is -4.22. The quantitative estimate of drug-likeness (QED) is 0.174. The summed E-state index contributed by atoms with van der Waals surface area (Å²) in [5, 5.41) is 20.7. The molecule has 0 bridgehead atoms. The molecule has 214 valence electrons. The van der Waals surface area contributed by atoms with Crippen LogP contribution in [-0.4, -0.2) is 37.5 Å². The van der Waals surface area contributed by atoms with Gasteiger partial charge in [0.2, 0.25) is 0 Å². The number of aryl methyl sites for hydroxylation is 1. The Labute approximate surface area is 251 Å². The number of nitrogens with zero attached hydrogens (tertiary/aromatic N) is 5. The van der Waals surface area contributed by atoms with Gasteiger partial charge in [0.1, 0.15) is 18.1 Å². The van der Waals surface area contributed by atoms with Crippen LogP contribution in [0.15, 0.2) is 79.1 Å². The fourth-order valence-corrected chi connectivity index (χ4v) is 5.20. The van der Waals surface area contributed by atoms with Crippen LogP contribution in [0.3, 0.4) is 0 Å². The molecule has 1 unspecified atom stereocenters. The molecule has 1 aliphatic heterocycles. The van der Waals surface area contributed by atoms with Crippen molar-refractivity contribution in [1.82, 2.24) is 25.4 Å². The molecule has 0 aliphatic carbocycles. The Balaban J connectivity index is 0.949. The normalized spacial score (nSPS) is 14.4. The summed E-state index contributed by atoms with van der Waals surface area (Å²) in [5.74, 6) is 0.384. The van der Waals surface area contributed by atoms with Gasteiger partial charge in [0.05, 0.1) is 23.1 Å². The third kappa shape index (κ3) is 6.17. The minimum absolute atomic E-state index is 0.281. The highest BCUT2D eigenvalue weighted by molar-refractivity contribution is 6.31. The van der Waals surface area contributed by atoms with Crippen LogP contribution in [0.2, 0.25) is 10.0 Å². The van der Waals surface area contributed by atoms with Gasteiger partial charge < -0.3 is 20.2 Å². The fourth-order valence-electron chi connectivity index (χ4n) is 4.86. The average molecular weight is 604 g/mol. The second kappa shape index (κ2) is 12.3. The van der Waals surface area contributed by atoms with Crippen LogP contribution in [0.5, 0.6) is 5.75 Å². The molecule has 42 heavy (non-hydrogen) atoms. The predicted molar refractivity (Wildman–Crippen MR) is 161 cm³/mol. The van der Waals surface area contributed by atoms with E-state index in [1.165, 1.54) is 0 Å². The zero-order chi connectivity index (χ0) is 29.1. The van der Waals surface area contributed by atoms with Crippen molar-refractivity contribution < 1.29 is 14.6 Å². The number of aliphatic hydroxyl groups is 1. The molecule has 1 atom stereocenters. The number of halogens is 2. The molecule has 0 radical (unpaired) electrons. The molecule has 3 aromatic carbocycles. The smallest absolute Gasteiger partial charge is 0.260 e. The lowest BCUT2D eigenvalue weighted by atomic mass is 10.1. The highest BCUT2D eigenvalue weighted by Gasteiger charge is 2.35. The standard InChI is InChI=1S/C30H27Cl2N7O3/c31-20-5-9-28-25(14-20)29(40)30(41)39(28)13-1-12-38-17-22(35-37-38)18-42-23-6-2-19(3-7-23)16-34-36-26-10-11-33-27-15-21(32)4-8-24(26)27/h2-11,14-15,17,29,34,40H,1,12-13,16,18H2,(H,33,36). The molecular formula is C30H27Cl2N7O3. The summed E-state index contributed by atoms with van der Waals surface area (Å²) in [5.41, 5.74) is 11.2. The van der Waals surface area contributed by atoms with Gasteiger partial charge in [-0.15, -0.1) is 5.10 Å². The number of rotatable bonds is 11. The van der Waals surface area contributed by atoms with Crippen molar-refractivity contribution in [3.05, 3.63) is 106 Å². The highest BCUT2D eigenvalue weighted by Crippen LogP contribution is 2.37. The van der Waals surface area contributed by atoms with E-state index in [1.807, 2.05) is 54.7 Å². The number of carbonyl (C=O) groups excluding carboxylic acids is 1. The first kappa shape index (κ1) is 27.9. The molecule has 2 aromatic heterocycles. The number of aliphatic hydroxyl groups excluding tert-OH is 1. The van der Waals surface area contributed by atoms with Crippen LogP contribution in [0.4, 0.5) is 11.4 Å². The first-order chi connectivity index (χ1) is 20.4. The second-order valence-corrected chi connectivity index (χ2v) is 10.7. The van der Waals surface area contributed by atoms with Gasteiger partial charge in [-0.3, -0.25) is 14.5 Å². The van der Waals surface area contributed by atoms with Crippen LogP contribution >= 0.6 is 23.2 Å². The lowest BCUT2D eigenvalue weighted by molar-refractivity contribution is -0.125. The van der Waals surface area contributed by atoms with Crippen LogP contribution in [-0.2, 0) is 24.5 Å². The first-order valence-electron chi connectivity index (χ1n) is 13.4. The summed E-state index contributed by atoms with van der Waals surface area (Å²) in [7, 11) is 0. The number of hydrazine groups is 1. The topological polar surface area (TPSA) is 117 Å². The van der Waals surface area contributed by atoms with Crippen LogP contribution in [0.25, 0.3) is 10.9 Å². The number of hydrogen-bond donors (Lipinski definition) is 3. The second-order valence-electron chi connectivity index (χ2n) is 9.85. The van der Waals surface area contributed by atoms with Crippen molar-refractivity contribution >= 4 is 51.4 Å². The summed E-state index contributed by atoms with van der Waals surface area (Å²) in [4.78, 5) is 18.4. The molecule has 0 saturated heterocycles. The Bertz CT molecular complexity index is 1730. The molecule has 5 aromatic rings. The number of benzene rings is 3. The minimum Gasteiger partial charge on any atom is -0.487 e. The van der Waals surface area contributed by atoms with Crippen molar-refractivity contribution in [3.63, 3.8) is 0 Å². The number of carbonyl (C=O) groups is 1. The monoisotopic (exact) mass is 603 g/mol. The maximum absolute atomic E-state index is 12.5. The number of hydrogen-bond acceptors (Lipinski definition) is 8. The van der Waals surface area contributed by atoms with E-state index in [2.05, 4.69) is 26.1 Å². The average Bonchev–Trinajstić information content (AvgIpc) is 3.54. The van der Waals surface area contributed by atoms with Crippen LogP contribution < -0.4 is 20.5 Å². The number of aromatic nitrogens is 4. The lowest BCUT2D eigenvalue weighted by Gasteiger charge is -2.17. The van der Waals surface area contributed by atoms with Gasteiger partial charge in [0.25, 0.3) is 5.91 Å². The van der Waals surface area contributed by atoms with Gasteiger partial charge in [-0.1, -0.05) is 40.5 Å². The van der Waals surface area contributed by atoms with Gasteiger partial charge in [0, 0.05) is 46.8 Å². The van der Waals surface area contributed by atoms with Crippen molar-refractivity contribution in [2.45, 2.75) is 32.2 Å². The van der Waals surface area contributed by atoms with E-state index in [0.29, 0.717) is 53.0 Å². The summed E-state index contributed by atoms with van der Waals surface area (Å²) < 4.78 is 7.61. The minimum atomic E-state index is -1.18. The number of amides is 1. The zero-order valence-corrected chi connectivity index (χ0v) is 23.9. The third-order valence-corrected chi connectivity index (χ3v) is 7.43. The molecule has 0 spiro atoms. The van der Waals surface area contributed by atoms with Gasteiger partial charge in [-0.25, -0.2) is 5.43 Å². The van der Waals surface area contributed by atoms with Crippen molar-refractivity contribution in [1.29, 1.82) is 0 Å². The maximum Gasteiger partial charge on any atom is 0.260 e. The van der Waals surface area contributed by atoms with E-state index < -0.39 is 6.10 Å². The molecule has 12 heteroatoms. The molecule has 10 nitrogen and oxygen atoms in total. The molecule has 3 heterocycles. The highest BCUT2D eigenvalue weighted by atomic mass is 35.5. The number of pyridine rings is 1. The van der Waals surface area contributed by atoms with E-state index in [-0.39, 0.29) is 12.5 Å². The molecule has 3 N–H and O–H groups in total. The Morgan fingerprint density at radius 3 is 2.64 bits per heavy atom. The molecule has 0 fully saturated rings. The maximum atomic E-state index is 12.5. The van der Waals surface area contributed by atoms with Crippen molar-refractivity contribution in [2.75, 3.05) is 16.9 Å². The molecule has 0 saturated carbocycles. The van der Waals surface area contributed by atoms with E-state index in [1.54, 1.807) is 34.0 Å². The largest absolute Gasteiger partial charge is 0.487 e. The third-order valence-electron chi connectivity index (χ3n) is 6.96. The number of ether oxygens (including phenoxy) is 1. The summed E-state index contributed by atoms with van der Waals surface area (Å²) >= 11 is 12.1. The number of nitrogens with one attached hydrogen (secondary N) is 2. The molecule has 1 amide bonds. The molecule has 1 aliphatic rings. The Morgan fingerprint density at radius 2 is 1.79 bits per heavy atom. The van der Waals surface area contributed by atoms with Crippen LogP contribution in [0, 0.1) is 0 Å². The Morgan fingerprint density at radius 1 is 0.976 bits per heavy atom. The predicted octanol–water partition coefficient (Wildman–Crippen LogP) is 5.30. The number of fused-ring (bicyclic) bond motifs is 2. The molecule has 6 rings (SSSR count).